The van der Waals surface area contributed by atoms with Crippen molar-refractivity contribution >= 4 is 11.8 Å². The SMILES string of the molecule is COc1cc(C[C@H]2C(=O)N(Cc3ccccc3)C(=O)[C@@H]2Cc2cc(OC)c(O)c(OC)c2)cc(OC)c1O. The number of phenols is 2. The lowest BCUT2D eigenvalue weighted by molar-refractivity contribution is -0.140. The van der Waals surface area contributed by atoms with Crippen LogP contribution in [-0.2, 0) is 29.0 Å². The quantitative estimate of drug-likeness (QED) is 0.388. The smallest absolute Gasteiger partial charge is 0.233 e. The monoisotopic (exact) mass is 521 g/mol. The number of amides is 2. The minimum Gasteiger partial charge on any atom is -0.502 e. The van der Waals surface area contributed by atoms with Gasteiger partial charge in [-0.05, 0) is 53.8 Å². The van der Waals surface area contributed by atoms with E-state index >= 15 is 0 Å². The molecular weight excluding hydrogens is 490 g/mol. The van der Waals surface area contributed by atoms with Crippen LogP contribution in [0.5, 0.6) is 34.5 Å². The lowest BCUT2D eigenvalue weighted by Gasteiger charge is -2.18. The number of hydrogen-bond donors (Lipinski definition) is 2. The maximum atomic E-state index is 13.7. The van der Waals surface area contributed by atoms with Gasteiger partial charge in [0, 0.05) is 0 Å². The molecular formula is C29H31NO8. The van der Waals surface area contributed by atoms with Gasteiger partial charge in [0.1, 0.15) is 0 Å². The van der Waals surface area contributed by atoms with E-state index in [-0.39, 0.29) is 65.7 Å². The van der Waals surface area contributed by atoms with Crippen LogP contribution >= 0.6 is 0 Å². The second-order valence-corrected chi connectivity index (χ2v) is 9.07. The van der Waals surface area contributed by atoms with E-state index in [9.17, 15) is 19.8 Å². The lowest BCUT2D eigenvalue weighted by Crippen LogP contribution is -2.31. The molecule has 2 amide bonds. The van der Waals surface area contributed by atoms with E-state index in [0.717, 1.165) is 5.56 Å². The maximum Gasteiger partial charge on any atom is 0.233 e. The summed E-state index contributed by atoms with van der Waals surface area (Å²) in [5, 5.41) is 20.6. The Labute approximate surface area is 221 Å². The van der Waals surface area contributed by atoms with Crippen LogP contribution < -0.4 is 18.9 Å². The number of methoxy groups -OCH3 is 4. The summed E-state index contributed by atoms with van der Waals surface area (Å²) in [6.07, 6.45) is 0.444. The molecule has 0 spiro atoms. The van der Waals surface area contributed by atoms with Crippen molar-refractivity contribution in [3.8, 4) is 34.5 Å². The van der Waals surface area contributed by atoms with Crippen LogP contribution in [-0.4, -0.2) is 55.4 Å². The van der Waals surface area contributed by atoms with Crippen LogP contribution in [0.1, 0.15) is 16.7 Å². The van der Waals surface area contributed by atoms with Crippen molar-refractivity contribution in [3.63, 3.8) is 0 Å². The van der Waals surface area contributed by atoms with Crippen molar-refractivity contribution in [2.45, 2.75) is 19.4 Å². The first-order chi connectivity index (χ1) is 18.3. The van der Waals surface area contributed by atoms with Gasteiger partial charge in [0.25, 0.3) is 0 Å². The van der Waals surface area contributed by atoms with Crippen molar-refractivity contribution in [3.05, 3.63) is 71.3 Å². The second kappa shape index (κ2) is 11.3. The topological polar surface area (TPSA) is 115 Å². The van der Waals surface area contributed by atoms with Gasteiger partial charge in [-0.15, -0.1) is 0 Å². The summed E-state index contributed by atoms with van der Waals surface area (Å²) in [5.41, 5.74) is 2.19. The van der Waals surface area contributed by atoms with Crippen molar-refractivity contribution in [1.82, 2.24) is 4.90 Å². The number of carbonyl (C=O) groups is 2. The fraction of sp³-hybridized carbons (Fsp3) is 0.310. The number of carbonyl (C=O) groups excluding carboxylic acids is 2. The third-order valence-corrected chi connectivity index (χ3v) is 6.83. The summed E-state index contributed by atoms with van der Waals surface area (Å²) in [6, 6.07) is 15.9. The Morgan fingerprint density at radius 2 is 1.00 bits per heavy atom. The van der Waals surface area contributed by atoms with Gasteiger partial charge < -0.3 is 29.2 Å². The molecule has 1 heterocycles. The fourth-order valence-electron chi connectivity index (χ4n) is 4.87. The summed E-state index contributed by atoms with van der Waals surface area (Å²) in [5.74, 6) is -1.38. The molecule has 1 saturated heterocycles. The van der Waals surface area contributed by atoms with Crippen molar-refractivity contribution in [1.29, 1.82) is 0 Å². The van der Waals surface area contributed by atoms with E-state index in [4.69, 9.17) is 18.9 Å². The molecule has 0 saturated carbocycles. The van der Waals surface area contributed by atoms with Gasteiger partial charge in [-0.1, -0.05) is 30.3 Å². The van der Waals surface area contributed by atoms with Crippen LogP contribution in [0, 0.1) is 11.8 Å². The minimum absolute atomic E-state index is 0.141. The molecule has 0 unspecified atom stereocenters. The highest BCUT2D eigenvalue weighted by molar-refractivity contribution is 6.05. The van der Waals surface area contributed by atoms with Crippen molar-refractivity contribution in [2.75, 3.05) is 28.4 Å². The summed E-state index contributed by atoms with van der Waals surface area (Å²) in [7, 11) is 5.72. The van der Waals surface area contributed by atoms with Crippen LogP contribution in [0.3, 0.4) is 0 Å². The van der Waals surface area contributed by atoms with Gasteiger partial charge in [-0.2, -0.15) is 0 Å². The molecule has 9 heteroatoms. The zero-order chi connectivity index (χ0) is 27.4. The number of rotatable bonds is 10. The standard InChI is InChI=1S/C29H31NO8/c1-35-22-12-18(13-23(36-2)26(22)31)10-20-21(11-19-14-24(37-3)27(32)25(15-19)38-4)29(34)30(28(20)33)16-17-8-6-5-7-9-17/h5-9,12-15,20-21,31-32H,10-11,16H2,1-4H3/t20-,21-/m1/s1. The number of benzene rings is 3. The second-order valence-electron chi connectivity index (χ2n) is 9.07. The van der Waals surface area contributed by atoms with E-state index in [2.05, 4.69) is 0 Å². The number of likely N-dealkylation sites (tertiary alicyclic amines) is 1. The molecule has 0 radical (unpaired) electrons. The number of imide groups is 1. The first-order valence-corrected chi connectivity index (χ1v) is 12.1. The average Bonchev–Trinajstić information content (AvgIpc) is 3.14. The lowest BCUT2D eigenvalue weighted by atomic mass is 9.84. The summed E-state index contributed by atoms with van der Waals surface area (Å²) in [4.78, 5) is 28.7. The molecule has 4 rings (SSSR count). The number of phenolic OH excluding ortho intramolecular Hbond substituents is 2. The predicted octanol–water partition coefficient (Wildman–Crippen LogP) is 3.72. The van der Waals surface area contributed by atoms with E-state index in [0.29, 0.717) is 11.1 Å². The molecule has 3 aromatic rings. The Morgan fingerprint density at radius 1 is 0.632 bits per heavy atom. The van der Waals surface area contributed by atoms with Gasteiger partial charge in [-0.25, -0.2) is 0 Å². The molecule has 200 valence electrons. The number of nitrogens with zero attached hydrogens (tertiary/aromatic N) is 1. The molecule has 9 nitrogen and oxygen atoms in total. The van der Waals surface area contributed by atoms with Gasteiger partial charge in [0.15, 0.2) is 23.0 Å². The molecule has 1 aliphatic heterocycles. The Bertz CT molecular complexity index is 1190. The summed E-state index contributed by atoms with van der Waals surface area (Å²) < 4.78 is 21.1. The Balaban J connectivity index is 1.72. The molecule has 2 atom stereocenters. The number of hydrogen-bond acceptors (Lipinski definition) is 8. The largest absolute Gasteiger partial charge is 0.502 e. The van der Waals surface area contributed by atoms with Crippen molar-refractivity contribution in [2.24, 2.45) is 11.8 Å². The average molecular weight is 522 g/mol. The zero-order valence-corrected chi connectivity index (χ0v) is 21.8. The molecule has 0 bridgehead atoms. The van der Waals surface area contributed by atoms with Crippen LogP contribution in [0.15, 0.2) is 54.6 Å². The molecule has 0 aliphatic carbocycles. The van der Waals surface area contributed by atoms with Crippen molar-refractivity contribution < 1.29 is 38.7 Å². The van der Waals surface area contributed by atoms with Gasteiger partial charge in [0.05, 0.1) is 46.8 Å². The van der Waals surface area contributed by atoms with E-state index in [1.165, 1.54) is 33.3 Å². The molecule has 0 aromatic heterocycles. The number of ether oxygens (including phenoxy) is 4. The minimum atomic E-state index is -0.684. The molecule has 38 heavy (non-hydrogen) atoms. The molecule has 1 fully saturated rings. The Morgan fingerprint density at radius 3 is 1.34 bits per heavy atom. The highest BCUT2D eigenvalue weighted by atomic mass is 16.5. The molecule has 1 aliphatic rings. The van der Waals surface area contributed by atoms with Gasteiger partial charge in [-0.3, -0.25) is 14.5 Å². The van der Waals surface area contributed by atoms with Gasteiger partial charge in [0.2, 0.25) is 23.3 Å². The highest BCUT2D eigenvalue weighted by Gasteiger charge is 2.47. The van der Waals surface area contributed by atoms with E-state index in [1.807, 2.05) is 30.3 Å². The van der Waals surface area contributed by atoms with E-state index < -0.39 is 11.8 Å². The Hall–Kier alpha value is -4.40. The first kappa shape index (κ1) is 26.7. The van der Waals surface area contributed by atoms with E-state index in [1.54, 1.807) is 24.3 Å². The Kier molecular flexibility index (Phi) is 7.95. The fourth-order valence-corrected chi connectivity index (χ4v) is 4.87. The molecule has 2 N–H and O–H groups in total. The highest BCUT2D eigenvalue weighted by Crippen LogP contribution is 2.42. The third kappa shape index (κ3) is 5.18. The first-order valence-electron chi connectivity index (χ1n) is 12.1. The number of aromatic hydroxyl groups is 2. The normalized spacial score (nSPS) is 17.0. The van der Waals surface area contributed by atoms with Crippen LogP contribution in [0.4, 0.5) is 0 Å². The van der Waals surface area contributed by atoms with Gasteiger partial charge >= 0.3 is 0 Å². The van der Waals surface area contributed by atoms with Crippen LogP contribution in [0.25, 0.3) is 0 Å². The third-order valence-electron chi connectivity index (χ3n) is 6.83. The predicted molar refractivity (Wildman–Crippen MR) is 139 cm³/mol. The summed E-state index contributed by atoms with van der Waals surface area (Å²) >= 11 is 0. The van der Waals surface area contributed by atoms with Crippen LogP contribution in [0.2, 0.25) is 0 Å². The summed E-state index contributed by atoms with van der Waals surface area (Å²) in [6.45, 7) is 0.163. The molecule has 3 aromatic carbocycles. The maximum absolute atomic E-state index is 13.7. The zero-order valence-electron chi connectivity index (χ0n) is 21.8.